The molecule has 0 atom stereocenters. The zero-order valence-corrected chi connectivity index (χ0v) is 15.2. The van der Waals surface area contributed by atoms with Crippen LogP contribution in [0.1, 0.15) is 5.56 Å². The Kier molecular flexibility index (Phi) is 5.59. The van der Waals surface area contributed by atoms with Crippen molar-refractivity contribution in [3.8, 4) is 5.69 Å². The number of esters is 1. The lowest BCUT2D eigenvalue weighted by Gasteiger charge is -2.17. The molecule has 0 aliphatic carbocycles. The molecule has 154 valence electrons. The van der Waals surface area contributed by atoms with Crippen LogP contribution in [0.15, 0.2) is 47.9 Å². The van der Waals surface area contributed by atoms with E-state index >= 15 is 0 Å². The highest BCUT2D eigenvalue weighted by Crippen LogP contribution is 2.34. The number of carbonyl (C=O) groups is 2. The summed E-state index contributed by atoms with van der Waals surface area (Å²) >= 11 is 0. The number of benzene rings is 1. The fourth-order valence-corrected chi connectivity index (χ4v) is 2.91. The maximum Gasteiger partial charge on any atom is 0.416 e. The first-order valence-electron chi connectivity index (χ1n) is 8.46. The summed E-state index contributed by atoms with van der Waals surface area (Å²) in [7, 11) is 1.13. The van der Waals surface area contributed by atoms with Crippen LogP contribution in [0, 0.1) is 0 Å². The Hall–Kier alpha value is -3.34. The van der Waals surface area contributed by atoms with Gasteiger partial charge in [-0.25, -0.2) is 9.48 Å². The normalized spacial score (nSPS) is 14.5. The van der Waals surface area contributed by atoms with Gasteiger partial charge in [-0.2, -0.15) is 18.3 Å². The van der Waals surface area contributed by atoms with E-state index in [9.17, 15) is 22.8 Å². The van der Waals surface area contributed by atoms with Gasteiger partial charge in [-0.1, -0.05) is 0 Å². The van der Waals surface area contributed by atoms with Gasteiger partial charge in [0.2, 0.25) is 0 Å². The van der Waals surface area contributed by atoms with E-state index in [-0.39, 0.29) is 42.3 Å². The number of rotatable bonds is 6. The number of hydrogen-bond donors (Lipinski definition) is 2. The third-order valence-electron chi connectivity index (χ3n) is 4.29. The molecule has 2 N–H and O–H groups in total. The van der Waals surface area contributed by atoms with Gasteiger partial charge in [0.05, 0.1) is 42.8 Å². The van der Waals surface area contributed by atoms with Crippen LogP contribution in [-0.2, 0) is 20.5 Å². The molecular weight excluding hydrogens is 393 g/mol. The van der Waals surface area contributed by atoms with E-state index < -0.39 is 23.6 Å². The highest BCUT2D eigenvalue weighted by Gasteiger charge is 2.36. The van der Waals surface area contributed by atoms with Crippen molar-refractivity contribution in [3.63, 3.8) is 0 Å². The van der Waals surface area contributed by atoms with E-state index in [4.69, 9.17) is 5.11 Å². The standard InChI is InChI=1S/C18H17F3N4O4/c1-29-17(28)12-10-24(7-8-26)16(27)15(12)23-13-9-11(18(19,20)21)3-4-14(13)25-6-2-5-22-25/h2-6,9,23,26H,7-8,10H2,1H3. The Morgan fingerprint density at radius 3 is 2.72 bits per heavy atom. The Labute approximate surface area is 163 Å². The summed E-state index contributed by atoms with van der Waals surface area (Å²) in [5, 5.41) is 15.8. The molecule has 29 heavy (non-hydrogen) atoms. The van der Waals surface area contributed by atoms with Crippen LogP contribution in [0.25, 0.3) is 5.69 Å². The number of hydrogen-bond acceptors (Lipinski definition) is 6. The first kappa shape index (κ1) is 20.4. The average Bonchev–Trinajstić information content (AvgIpc) is 3.31. The molecule has 2 heterocycles. The van der Waals surface area contributed by atoms with Crippen molar-refractivity contribution in [3.05, 3.63) is 53.5 Å². The maximum absolute atomic E-state index is 13.2. The van der Waals surface area contributed by atoms with Crippen molar-refractivity contribution in [2.45, 2.75) is 6.18 Å². The van der Waals surface area contributed by atoms with E-state index in [0.29, 0.717) is 0 Å². The number of methoxy groups -OCH3 is 1. The molecule has 0 fully saturated rings. The van der Waals surface area contributed by atoms with Gasteiger partial charge in [0.15, 0.2) is 0 Å². The monoisotopic (exact) mass is 410 g/mol. The summed E-state index contributed by atoms with van der Waals surface area (Å²) in [4.78, 5) is 25.9. The number of halogens is 3. The van der Waals surface area contributed by atoms with Crippen LogP contribution in [0.2, 0.25) is 0 Å². The number of alkyl halides is 3. The molecule has 2 aromatic rings. The third kappa shape index (κ3) is 4.09. The first-order chi connectivity index (χ1) is 13.8. The van der Waals surface area contributed by atoms with Crippen LogP contribution in [-0.4, -0.2) is 58.5 Å². The van der Waals surface area contributed by atoms with Gasteiger partial charge < -0.3 is 20.1 Å². The van der Waals surface area contributed by atoms with Crippen molar-refractivity contribution in [2.75, 3.05) is 32.1 Å². The average molecular weight is 410 g/mol. The number of aromatic nitrogens is 2. The Balaban J connectivity index is 2.08. The number of ether oxygens (including phenoxy) is 1. The van der Waals surface area contributed by atoms with Gasteiger partial charge in [0.1, 0.15) is 5.70 Å². The number of β-amino-alcohol motifs (C(OH)–C–C–N with tert-alkyl or cyclic N) is 1. The highest BCUT2D eigenvalue weighted by molar-refractivity contribution is 6.08. The summed E-state index contributed by atoms with van der Waals surface area (Å²) < 4.78 is 45.7. The number of aliphatic hydroxyl groups excluding tert-OH is 1. The lowest BCUT2D eigenvalue weighted by atomic mass is 10.1. The predicted octanol–water partition coefficient (Wildman–Crippen LogP) is 1.56. The second-order valence-corrected chi connectivity index (χ2v) is 6.10. The van der Waals surface area contributed by atoms with Gasteiger partial charge in [-0.3, -0.25) is 4.79 Å². The molecular formula is C18H17F3N4O4. The number of aliphatic hydroxyl groups is 1. The van der Waals surface area contributed by atoms with Crippen LogP contribution in [0.3, 0.4) is 0 Å². The van der Waals surface area contributed by atoms with Gasteiger partial charge >= 0.3 is 12.1 Å². The molecule has 0 unspecified atom stereocenters. The van der Waals surface area contributed by atoms with Crippen LogP contribution in [0.4, 0.5) is 18.9 Å². The van der Waals surface area contributed by atoms with Gasteiger partial charge in [-0.15, -0.1) is 0 Å². The molecule has 1 aromatic carbocycles. The Morgan fingerprint density at radius 2 is 2.14 bits per heavy atom. The molecule has 1 aromatic heterocycles. The number of nitrogens with one attached hydrogen (secondary N) is 1. The van der Waals surface area contributed by atoms with Crippen molar-refractivity contribution in [2.24, 2.45) is 0 Å². The molecule has 1 aliphatic heterocycles. The first-order valence-corrected chi connectivity index (χ1v) is 8.46. The minimum absolute atomic E-state index is 0.0425. The molecule has 0 spiro atoms. The largest absolute Gasteiger partial charge is 0.466 e. The Bertz CT molecular complexity index is 955. The van der Waals surface area contributed by atoms with Crippen molar-refractivity contribution >= 4 is 17.6 Å². The number of anilines is 1. The molecule has 0 bridgehead atoms. The molecule has 0 saturated heterocycles. The number of carbonyl (C=O) groups excluding carboxylic acids is 2. The van der Waals surface area contributed by atoms with Gasteiger partial charge in [0, 0.05) is 18.9 Å². The second-order valence-electron chi connectivity index (χ2n) is 6.10. The summed E-state index contributed by atoms with van der Waals surface area (Å²) in [6.45, 7) is -0.515. The fraction of sp³-hybridized carbons (Fsp3) is 0.278. The van der Waals surface area contributed by atoms with Gasteiger partial charge in [0.25, 0.3) is 5.91 Å². The predicted molar refractivity (Wildman–Crippen MR) is 94.9 cm³/mol. The lowest BCUT2D eigenvalue weighted by molar-refractivity contribution is -0.138. The zero-order chi connectivity index (χ0) is 21.2. The maximum atomic E-state index is 13.2. The van der Waals surface area contributed by atoms with E-state index in [0.717, 1.165) is 19.2 Å². The number of nitrogens with zero attached hydrogens (tertiary/aromatic N) is 3. The molecule has 8 nitrogen and oxygen atoms in total. The molecule has 3 rings (SSSR count). The van der Waals surface area contributed by atoms with Gasteiger partial charge in [-0.05, 0) is 24.3 Å². The zero-order valence-electron chi connectivity index (χ0n) is 15.2. The Morgan fingerprint density at radius 1 is 1.38 bits per heavy atom. The van der Waals surface area contributed by atoms with E-state index in [2.05, 4.69) is 15.2 Å². The van der Waals surface area contributed by atoms with E-state index in [1.807, 2.05) is 0 Å². The topological polar surface area (TPSA) is 96.7 Å². The molecule has 1 aliphatic rings. The minimum Gasteiger partial charge on any atom is -0.466 e. The van der Waals surface area contributed by atoms with Crippen molar-refractivity contribution in [1.82, 2.24) is 14.7 Å². The number of amides is 1. The fourth-order valence-electron chi connectivity index (χ4n) is 2.91. The molecule has 0 radical (unpaired) electrons. The summed E-state index contributed by atoms with van der Waals surface area (Å²) in [5.41, 5.74) is -1.02. The molecule has 0 saturated carbocycles. The van der Waals surface area contributed by atoms with E-state index in [1.165, 1.54) is 28.0 Å². The van der Waals surface area contributed by atoms with Crippen molar-refractivity contribution in [1.29, 1.82) is 0 Å². The lowest BCUT2D eigenvalue weighted by Crippen LogP contribution is -2.31. The summed E-state index contributed by atoms with van der Waals surface area (Å²) in [6.07, 6.45) is -1.64. The van der Waals surface area contributed by atoms with Crippen molar-refractivity contribution < 1.29 is 32.6 Å². The summed E-state index contributed by atoms with van der Waals surface area (Å²) in [5.74, 6) is -1.43. The SMILES string of the molecule is COC(=O)C1=C(Nc2cc(C(F)(F)F)ccc2-n2cccn2)C(=O)N(CCO)C1. The molecule has 11 heteroatoms. The van der Waals surface area contributed by atoms with E-state index in [1.54, 1.807) is 6.07 Å². The second kappa shape index (κ2) is 7.95. The minimum atomic E-state index is -4.61. The quantitative estimate of drug-likeness (QED) is 0.702. The van der Waals surface area contributed by atoms with Crippen LogP contribution in [0.5, 0.6) is 0 Å². The van der Waals surface area contributed by atoms with Crippen LogP contribution >= 0.6 is 0 Å². The summed E-state index contributed by atoms with van der Waals surface area (Å²) in [6, 6.07) is 4.53. The van der Waals surface area contributed by atoms with Crippen LogP contribution < -0.4 is 5.32 Å². The third-order valence-corrected chi connectivity index (χ3v) is 4.29. The smallest absolute Gasteiger partial charge is 0.416 e. The highest BCUT2D eigenvalue weighted by atomic mass is 19.4. The molecule has 1 amide bonds.